The molecule has 0 fully saturated rings. The van der Waals surface area contributed by atoms with Gasteiger partial charge in [-0.1, -0.05) is 24.3 Å². The molecule has 0 unspecified atom stereocenters. The van der Waals surface area contributed by atoms with E-state index >= 15 is 0 Å². The Morgan fingerprint density at radius 1 is 1.17 bits per heavy atom. The maximum Gasteiger partial charge on any atom is 0.0969 e. The van der Waals surface area contributed by atoms with Crippen LogP contribution in [0.1, 0.15) is 35.6 Å². The van der Waals surface area contributed by atoms with Crippen molar-refractivity contribution in [3.63, 3.8) is 0 Å². The zero-order valence-electron chi connectivity index (χ0n) is 13.9. The quantitative estimate of drug-likeness (QED) is 0.798. The lowest BCUT2D eigenvalue weighted by Gasteiger charge is -2.26. The summed E-state index contributed by atoms with van der Waals surface area (Å²) in [6.07, 6.45) is 9.39. The zero-order chi connectivity index (χ0) is 16.4. The average Bonchev–Trinajstić information content (AvgIpc) is 3.01. The summed E-state index contributed by atoms with van der Waals surface area (Å²) in [7, 11) is 1.98. The Bertz CT molecular complexity index is 823. The SMILES string of the molecule is Cn1cc(CN[C@H]2CCCc3ccccc32)c(-c2ccncc2)n1. The van der Waals surface area contributed by atoms with E-state index in [-0.39, 0.29) is 0 Å². The van der Waals surface area contributed by atoms with Gasteiger partial charge < -0.3 is 5.32 Å². The van der Waals surface area contributed by atoms with Gasteiger partial charge in [-0.25, -0.2) is 0 Å². The fourth-order valence-corrected chi connectivity index (χ4v) is 3.62. The third kappa shape index (κ3) is 2.97. The van der Waals surface area contributed by atoms with Crippen molar-refractivity contribution in [3.05, 3.63) is 71.7 Å². The largest absolute Gasteiger partial charge is 0.306 e. The summed E-state index contributed by atoms with van der Waals surface area (Å²) >= 11 is 0. The highest BCUT2D eigenvalue weighted by Gasteiger charge is 2.20. The Hall–Kier alpha value is -2.46. The van der Waals surface area contributed by atoms with Crippen molar-refractivity contribution < 1.29 is 0 Å². The lowest BCUT2D eigenvalue weighted by atomic mass is 9.87. The summed E-state index contributed by atoms with van der Waals surface area (Å²) in [5, 5.41) is 8.39. The van der Waals surface area contributed by atoms with Crippen LogP contribution in [-0.2, 0) is 20.0 Å². The first-order chi connectivity index (χ1) is 11.8. The van der Waals surface area contributed by atoms with E-state index in [4.69, 9.17) is 0 Å². The predicted octanol–water partition coefficient (Wildman–Crippen LogP) is 3.65. The molecule has 4 heteroatoms. The molecule has 4 rings (SSSR count). The number of nitrogens with one attached hydrogen (secondary N) is 1. The van der Waals surface area contributed by atoms with E-state index < -0.39 is 0 Å². The van der Waals surface area contributed by atoms with Crippen molar-refractivity contribution >= 4 is 0 Å². The van der Waals surface area contributed by atoms with Crippen LogP contribution in [0, 0.1) is 0 Å². The number of hydrogen-bond donors (Lipinski definition) is 1. The van der Waals surface area contributed by atoms with Crippen LogP contribution in [0.3, 0.4) is 0 Å². The zero-order valence-corrected chi connectivity index (χ0v) is 13.9. The second-order valence-corrected chi connectivity index (χ2v) is 6.44. The Labute approximate surface area is 142 Å². The lowest BCUT2D eigenvalue weighted by Crippen LogP contribution is -2.24. The number of hydrogen-bond acceptors (Lipinski definition) is 3. The van der Waals surface area contributed by atoms with Crippen LogP contribution in [0.25, 0.3) is 11.3 Å². The van der Waals surface area contributed by atoms with Gasteiger partial charge in [-0.3, -0.25) is 9.67 Å². The van der Waals surface area contributed by atoms with Gasteiger partial charge in [0.15, 0.2) is 0 Å². The van der Waals surface area contributed by atoms with E-state index in [1.165, 1.54) is 36.0 Å². The van der Waals surface area contributed by atoms with Crippen molar-refractivity contribution in [2.75, 3.05) is 0 Å². The van der Waals surface area contributed by atoms with Gasteiger partial charge in [0, 0.05) is 49.4 Å². The van der Waals surface area contributed by atoms with Crippen molar-refractivity contribution in [1.29, 1.82) is 0 Å². The van der Waals surface area contributed by atoms with Crippen LogP contribution in [0.5, 0.6) is 0 Å². The van der Waals surface area contributed by atoms with Crippen LogP contribution in [0.2, 0.25) is 0 Å². The Morgan fingerprint density at radius 2 is 2.00 bits per heavy atom. The van der Waals surface area contributed by atoms with Gasteiger partial charge in [-0.15, -0.1) is 0 Å². The van der Waals surface area contributed by atoms with Crippen molar-refractivity contribution in [2.45, 2.75) is 31.8 Å². The number of pyridine rings is 1. The van der Waals surface area contributed by atoms with Gasteiger partial charge in [-0.2, -0.15) is 5.10 Å². The topological polar surface area (TPSA) is 42.7 Å². The molecule has 2 aromatic heterocycles. The molecule has 0 radical (unpaired) electrons. The Kier molecular flexibility index (Phi) is 4.13. The molecule has 1 aromatic carbocycles. The first kappa shape index (κ1) is 15.1. The fourth-order valence-electron chi connectivity index (χ4n) is 3.62. The molecule has 0 aliphatic heterocycles. The van der Waals surface area contributed by atoms with Crippen LogP contribution in [0.15, 0.2) is 55.0 Å². The highest BCUT2D eigenvalue weighted by molar-refractivity contribution is 5.61. The monoisotopic (exact) mass is 318 g/mol. The molecule has 4 nitrogen and oxygen atoms in total. The number of benzene rings is 1. The molecule has 3 aromatic rings. The van der Waals surface area contributed by atoms with E-state index in [2.05, 4.69) is 45.9 Å². The second kappa shape index (κ2) is 6.57. The molecule has 0 spiro atoms. The fraction of sp³-hybridized carbons (Fsp3) is 0.300. The molecule has 0 amide bonds. The predicted molar refractivity (Wildman–Crippen MR) is 95.4 cm³/mol. The molecule has 1 N–H and O–H groups in total. The van der Waals surface area contributed by atoms with Crippen molar-refractivity contribution in [2.24, 2.45) is 7.05 Å². The maximum absolute atomic E-state index is 4.64. The summed E-state index contributed by atoms with van der Waals surface area (Å²) in [6.45, 7) is 0.824. The minimum Gasteiger partial charge on any atom is -0.306 e. The van der Waals surface area contributed by atoms with Gasteiger partial charge in [0.2, 0.25) is 0 Å². The Balaban J connectivity index is 1.56. The van der Waals surface area contributed by atoms with Crippen molar-refractivity contribution in [3.8, 4) is 11.3 Å². The van der Waals surface area contributed by atoms with Crippen LogP contribution < -0.4 is 5.32 Å². The van der Waals surface area contributed by atoms with Gasteiger partial charge in [0.25, 0.3) is 0 Å². The van der Waals surface area contributed by atoms with E-state index in [1.807, 2.05) is 36.3 Å². The molecule has 1 atom stereocenters. The number of nitrogens with zero attached hydrogens (tertiary/aromatic N) is 3. The molecule has 1 aliphatic carbocycles. The van der Waals surface area contributed by atoms with Gasteiger partial charge in [0.05, 0.1) is 5.69 Å². The molecule has 1 aliphatic rings. The molecule has 0 bridgehead atoms. The van der Waals surface area contributed by atoms with E-state index in [0.717, 1.165) is 17.8 Å². The molecule has 0 saturated heterocycles. The van der Waals surface area contributed by atoms with Gasteiger partial charge in [-0.05, 0) is 42.5 Å². The van der Waals surface area contributed by atoms with Gasteiger partial charge >= 0.3 is 0 Å². The summed E-state index contributed by atoms with van der Waals surface area (Å²) in [5.74, 6) is 0. The lowest BCUT2D eigenvalue weighted by molar-refractivity contribution is 0.459. The Morgan fingerprint density at radius 3 is 2.88 bits per heavy atom. The highest BCUT2D eigenvalue weighted by Crippen LogP contribution is 2.30. The van der Waals surface area contributed by atoms with E-state index in [0.29, 0.717) is 6.04 Å². The summed E-state index contributed by atoms with van der Waals surface area (Å²) in [5.41, 5.74) is 6.33. The number of aromatic nitrogens is 3. The third-order valence-electron chi connectivity index (χ3n) is 4.77. The normalized spacial score (nSPS) is 16.8. The average molecular weight is 318 g/mol. The molecular weight excluding hydrogens is 296 g/mol. The number of aryl methyl sites for hydroxylation is 2. The minimum absolute atomic E-state index is 0.431. The summed E-state index contributed by atoms with van der Waals surface area (Å²) in [4.78, 5) is 4.10. The third-order valence-corrected chi connectivity index (χ3v) is 4.77. The van der Waals surface area contributed by atoms with Crippen LogP contribution in [0.4, 0.5) is 0 Å². The van der Waals surface area contributed by atoms with Crippen LogP contribution in [-0.4, -0.2) is 14.8 Å². The molecule has 122 valence electrons. The first-order valence-electron chi connectivity index (χ1n) is 8.55. The standard InChI is InChI=1S/C20H22N4/c1-24-14-17(20(23-24)16-9-11-21-12-10-16)13-22-19-8-4-6-15-5-2-3-7-18(15)19/h2-3,5,7,9-12,14,19,22H,4,6,8,13H2,1H3/t19-/m0/s1. The molecular formula is C20H22N4. The van der Waals surface area contributed by atoms with Crippen molar-refractivity contribution in [1.82, 2.24) is 20.1 Å². The number of rotatable bonds is 4. The smallest absolute Gasteiger partial charge is 0.0969 e. The van der Waals surface area contributed by atoms with E-state index in [1.54, 1.807) is 0 Å². The van der Waals surface area contributed by atoms with Gasteiger partial charge in [0.1, 0.15) is 0 Å². The van der Waals surface area contributed by atoms with Crippen LogP contribution >= 0.6 is 0 Å². The molecule has 2 heterocycles. The highest BCUT2D eigenvalue weighted by atomic mass is 15.3. The maximum atomic E-state index is 4.64. The molecule has 0 saturated carbocycles. The minimum atomic E-state index is 0.431. The summed E-state index contributed by atoms with van der Waals surface area (Å²) < 4.78 is 1.89. The summed E-state index contributed by atoms with van der Waals surface area (Å²) in [6, 6.07) is 13.3. The number of fused-ring (bicyclic) bond motifs is 1. The first-order valence-corrected chi connectivity index (χ1v) is 8.55. The van der Waals surface area contributed by atoms with E-state index in [9.17, 15) is 0 Å². The second-order valence-electron chi connectivity index (χ2n) is 6.44. The molecule has 24 heavy (non-hydrogen) atoms.